The molecule has 0 aliphatic carbocycles. The van der Waals surface area contributed by atoms with Crippen molar-refractivity contribution in [2.75, 3.05) is 4.90 Å². The second-order valence-corrected chi connectivity index (χ2v) is 22.2. The number of anilines is 3. The number of nitrogens with zero attached hydrogens (tertiary/aromatic N) is 2. The zero-order valence-corrected chi connectivity index (χ0v) is 43.0. The Bertz CT molecular complexity index is 4170. The topological polar surface area (TPSA) is 8.17 Å². The Balaban J connectivity index is 1.02. The molecule has 0 radical (unpaired) electrons. The molecule has 74 heavy (non-hydrogen) atoms. The lowest BCUT2D eigenvalue weighted by Gasteiger charge is -2.30. The van der Waals surface area contributed by atoms with E-state index in [2.05, 4.69) is 294 Å². The predicted octanol–water partition coefficient (Wildman–Crippen LogP) is 20.4. The summed E-state index contributed by atoms with van der Waals surface area (Å²) in [7, 11) is 0. The van der Waals surface area contributed by atoms with Crippen molar-refractivity contribution < 1.29 is 0 Å². The maximum absolute atomic E-state index is 2.53. The van der Waals surface area contributed by atoms with Crippen LogP contribution in [-0.2, 0) is 10.8 Å². The number of benzene rings is 12. The van der Waals surface area contributed by atoms with Crippen molar-refractivity contribution in [2.24, 2.45) is 0 Å². The minimum absolute atomic E-state index is 0.0199. The van der Waals surface area contributed by atoms with Gasteiger partial charge in [-0.05, 0) is 149 Å². The van der Waals surface area contributed by atoms with Crippen LogP contribution in [0.15, 0.2) is 243 Å². The lowest BCUT2D eigenvalue weighted by atomic mass is 9.85. The van der Waals surface area contributed by atoms with E-state index in [1.807, 2.05) is 0 Å². The number of aromatic nitrogens is 1. The molecular formula is C72H58N2. The first-order chi connectivity index (χ1) is 36.0. The van der Waals surface area contributed by atoms with Crippen LogP contribution in [-0.4, -0.2) is 4.57 Å². The SMILES string of the molecule is CC(C)(C)c1ccc2c(c1)c1cc(C(C)(C)C)ccc1n2-c1ccc2ccc3c(N(c4ccc(-c5cccc(-c6ccccc6)c5)cc4)c4ccccc4-c4cccc(-c5ccccc5)c4)ccc4ccc1c2c43. The maximum Gasteiger partial charge on any atom is 0.0541 e. The number of hydrogen-bond donors (Lipinski definition) is 0. The molecule has 0 bridgehead atoms. The van der Waals surface area contributed by atoms with Crippen molar-refractivity contribution >= 4 is 71.2 Å². The van der Waals surface area contributed by atoms with Crippen molar-refractivity contribution in [2.45, 2.75) is 52.4 Å². The largest absolute Gasteiger partial charge is 0.309 e. The summed E-state index contributed by atoms with van der Waals surface area (Å²) >= 11 is 0. The van der Waals surface area contributed by atoms with Gasteiger partial charge in [-0.2, -0.15) is 0 Å². The Morgan fingerprint density at radius 1 is 0.311 bits per heavy atom. The van der Waals surface area contributed by atoms with E-state index >= 15 is 0 Å². The Morgan fingerprint density at radius 3 is 1.35 bits per heavy atom. The van der Waals surface area contributed by atoms with Crippen molar-refractivity contribution in [3.05, 3.63) is 254 Å². The van der Waals surface area contributed by atoms with Crippen LogP contribution in [0.5, 0.6) is 0 Å². The van der Waals surface area contributed by atoms with Crippen LogP contribution >= 0.6 is 0 Å². The van der Waals surface area contributed by atoms with Crippen LogP contribution < -0.4 is 4.90 Å². The van der Waals surface area contributed by atoms with E-state index in [-0.39, 0.29) is 10.8 Å². The lowest BCUT2D eigenvalue weighted by molar-refractivity contribution is 0.590. The fourth-order valence-electron chi connectivity index (χ4n) is 11.5. The van der Waals surface area contributed by atoms with Crippen molar-refractivity contribution in [1.29, 1.82) is 0 Å². The summed E-state index contributed by atoms with van der Waals surface area (Å²) in [5.41, 5.74) is 19.2. The standard InChI is InChI=1S/C72H58N2/c1-71(2,3)56-33-41-67-62(45-56)63-46-57(72(4,5)6)34-42-68(63)74(67)66-40-32-51-29-37-60-65(39-31-50-30-38-61(66)70(51)69(50)60)73(58-35-27-49(28-36-58)53-22-15-21-52(43-53)47-17-9-7-10-18-47)64-26-14-13-25-59(64)55-24-16-23-54(44-55)48-19-11-8-12-20-48/h7-46H,1-6H3. The molecule has 0 spiro atoms. The first-order valence-corrected chi connectivity index (χ1v) is 26.1. The minimum atomic E-state index is 0.0199. The van der Waals surface area contributed by atoms with E-state index in [1.165, 1.54) is 110 Å². The molecule has 0 N–H and O–H groups in total. The molecule has 13 aromatic rings. The quantitative estimate of drug-likeness (QED) is 0.138. The number of para-hydroxylation sites is 1. The van der Waals surface area contributed by atoms with Gasteiger partial charge in [0.05, 0.1) is 28.1 Å². The molecule has 0 fully saturated rings. The molecule has 0 saturated carbocycles. The summed E-state index contributed by atoms with van der Waals surface area (Å²) in [6.45, 7) is 13.9. The van der Waals surface area contributed by atoms with Crippen LogP contribution in [0.2, 0.25) is 0 Å². The van der Waals surface area contributed by atoms with Gasteiger partial charge >= 0.3 is 0 Å². The van der Waals surface area contributed by atoms with E-state index in [1.54, 1.807) is 0 Å². The first-order valence-electron chi connectivity index (χ1n) is 26.1. The summed E-state index contributed by atoms with van der Waals surface area (Å²) < 4.78 is 2.53. The monoisotopic (exact) mass is 950 g/mol. The van der Waals surface area contributed by atoms with Crippen LogP contribution in [0.1, 0.15) is 52.7 Å². The van der Waals surface area contributed by atoms with Crippen LogP contribution in [0.3, 0.4) is 0 Å². The summed E-state index contributed by atoms with van der Waals surface area (Å²) in [5.74, 6) is 0. The van der Waals surface area contributed by atoms with Gasteiger partial charge in [-0.15, -0.1) is 0 Å². The smallest absolute Gasteiger partial charge is 0.0541 e. The molecule has 0 saturated heterocycles. The number of rotatable bonds is 8. The highest BCUT2D eigenvalue weighted by molar-refractivity contribution is 6.27. The molecule has 2 nitrogen and oxygen atoms in total. The average Bonchev–Trinajstić information content (AvgIpc) is 3.77. The maximum atomic E-state index is 2.53. The lowest BCUT2D eigenvalue weighted by Crippen LogP contribution is -2.12. The third kappa shape index (κ3) is 7.72. The zero-order chi connectivity index (χ0) is 50.3. The van der Waals surface area contributed by atoms with Gasteiger partial charge in [-0.25, -0.2) is 0 Å². The molecule has 0 unspecified atom stereocenters. The second-order valence-electron chi connectivity index (χ2n) is 22.2. The van der Waals surface area contributed by atoms with Crippen molar-refractivity contribution in [3.63, 3.8) is 0 Å². The molecule has 0 amide bonds. The first kappa shape index (κ1) is 45.2. The van der Waals surface area contributed by atoms with Gasteiger partial charge in [0.1, 0.15) is 0 Å². The molecular weight excluding hydrogens is 893 g/mol. The summed E-state index contributed by atoms with van der Waals surface area (Å²) in [6.07, 6.45) is 0. The van der Waals surface area contributed by atoms with E-state index in [0.717, 1.165) is 22.6 Å². The van der Waals surface area contributed by atoms with Gasteiger partial charge < -0.3 is 9.47 Å². The Kier molecular flexibility index (Phi) is 10.7. The Hall–Kier alpha value is -8.72. The van der Waals surface area contributed by atoms with E-state index in [0.29, 0.717) is 0 Å². The summed E-state index contributed by atoms with van der Waals surface area (Å²) in [5, 5.41) is 10.0. The van der Waals surface area contributed by atoms with Gasteiger partial charge in [0.15, 0.2) is 0 Å². The van der Waals surface area contributed by atoms with Gasteiger partial charge in [0, 0.05) is 32.8 Å². The third-order valence-corrected chi connectivity index (χ3v) is 15.5. The molecule has 1 heterocycles. The molecule has 1 aromatic heterocycles. The van der Waals surface area contributed by atoms with Gasteiger partial charge in [0.25, 0.3) is 0 Å². The van der Waals surface area contributed by atoms with Crippen molar-refractivity contribution in [3.8, 4) is 50.2 Å². The van der Waals surface area contributed by atoms with Crippen molar-refractivity contribution in [1.82, 2.24) is 4.57 Å². The number of fused-ring (bicyclic) bond motifs is 3. The molecule has 2 heteroatoms. The zero-order valence-electron chi connectivity index (χ0n) is 43.0. The fraction of sp³-hybridized carbons (Fsp3) is 0.111. The number of hydrogen-bond acceptors (Lipinski definition) is 1. The highest BCUT2D eigenvalue weighted by Crippen LogP contribution is 2.49. The highest BCUT2D eigenvalue weighted by Gasteiger charge is 2.25. The molecule has 0 aliphatic heterocycles. The van der Waals surface area contributed by atoms with Crippen LogP contribution in [0.25, 0.3) is 104 Å². The third-order valence-electron chi connectivity index (χ3n) is 15.5. The van der Waals surface area contributed by atoms with E-state index < -0.39 is 0 Å². The fourth-order valence-corrected chi connectivity index (χ4v) is 11.5. The van der Waals surface area contributed by atoms with Crippen LogP contribution in [0, 0.1) is 0 Å². The Labute approximate surface area is 434 Å². The molecule has 12 aromatic carbocycles. The van der Waals surface area contributed by atoms with Gasteiger partial charge in [-0.1, -0.05) is 217 Å². The van der Waals surface area contributed by atoms with Gasteiger partial charge in [0.2, 0.25) is 0 Å². The van der Waals surface area contributed by atoms with Gasteiger partial charge in [-0.3, -0.25) is 0 Å². The highest BCUT2D eigenvalue weighted by atomic mass is 15.1. The second kappa shape index (κ2) is 17.5. The van der Waals surface area contributed by atoms with E-state index in [4.69, 9.17) is 0 Å². The molecule has 0 aliphatic rings. The normalized spacial score (nSPS) is 12.2. The summed E-state index contributed by atoms with van der Waals surface area (Å²) in [6, 6.07) is 90.4. The summed E-state index contributed by atoms with van der Waals surface area (Å²) in [4.78, 5) is 2.49. The van der Waals surface area contributed by atoms with Crippen LogP contribution in [0.4, 0.5) is 17.1 Å². The average molecular weight is 951 g/mol. The molecule has 13 rings (SSSR count). The molecule has 0 atom stereocenters. The minimum Gasteiger partial charge on any atom is -0.309 e. The van der Waals surface area contributed by atoms with E-state index in [9.17, 15) is 0 Å². The Morgan fingerprint density at radius 2 is 0.770 bits per heavy atom. The molecule has 356 valence electrons. The predicted molar refractivity (Wildman–Crippen MR) is 318 cm³/mol.